The quantitative estimate of drug-likeness (QED) is 0.0589. The molecule has 7 heteroatoms. The summed E-state index contributed by atoms with van der Waals surface area (Å²) >= 11 is 0. The molecule has 7 aromatic rings. The Morgan fingerprint density at radius 1 is 0.724 bits per heavy atom. The number of nitrogens with zero attached hydrogens (tertiary/aromatic N) is 1. The molecule has 0 spiro atoms. The highest BCUT2D eigenvalue weighted by Crippen LogP contribution is 2.44. The molecular formula is C51H51F4NO2. The topological polar surface area (TPSA) is 31.2 Å². The van der Waals surface area contributed by atoms with E-state index in [1.54, 1.807) is 12.1 Å². The number of benzene rings is 6. The number of para-hydroxylation sites is 1. The minimum atomic E-state index is -4.31. The maximum Gasteiger partial charge on any atom is 0.340 e. The molecule has 6 aromatic carbocycles. The first-order valence-corrected chi connectivity index (χ1v) is 20.4. The predicted molar refractivity (Wildman–Crippen MR) is 229 cm³/mol. The average molecular weight is 786 g/mol. The first kappa shape index (κ1) is 40.8. The van der Waals surface area contributed by atoms with E-state index in [1.807, 2.05) is 82.3 Å². The summed E-state index contributed by atoms with van der Waals surface area (Å²) in [5.41, 5.74) is 9.80. The van der Waals surface area contributed by atoms with Gasteiger partial charge in [0.25, 0.3) is 0 Å². The number of halogens is 4. The van der Waals surface area contributed by atoms with E-state index in [4.69, 9.17) is 4.74 Å². The Morgan fingerprint density at radius 2 is 1.38 bits per heavy atom. The van der Waals surface area contributed by atoms with Crippen molar-refractivity contribution in [3.05, 3.63) is 159 Å². The minimum Gasteiger partial charge on any atom is -0.487 e. The largest absolute Gasteiger partial charge is 0.487 e. The number of unbranched alkanes of at least 4 members (excludes halogenated alkanes) is 1. The van der Waals surface area contributed by atoms with E-state index in [0.717, 1.165) is 98.2 Å². The molecule has 3 nitrogen and oxygen atoms in total. The van der Waals surface area contributed by atoms with E-state index in [2.05, 4.69) is 60.9 Å². The van der Waals surface area contributed by atoms with Crippen LogP contribution < -0.4 is 4.74 Å². The second-order valence-electron chi connectivity index (χ2n) is 16.0. The average Bonchev–Trinajstić information content (AvgIpc) is 3.51. The number of fused-ring (bicyclic) bond motifs is 5. The fourth-order valence-electron chi connectivity index (χ4n) is 8.91. The third kappa shape index (κ3) is 7.76. The van der Waals surface area contributed by atoms with Crippen LogP contribution in [0.15, 0.2) is 109 Å². The van der Waals surface area contributed by atoms with E-state index >= 15 is 0 Å². The smallest absolute Gasteiger partial charge is 0.340 e. The Bertz CT molecular complexity index is 2600. The van der Waals surface area contributed by atoms with Crippen molar-refractivity contribution in [1.29, 1.82) is 0 Å². The summed E-state index contributed by atoms with van der Waals surface area (Å²) in [6.07, 6.45) is 0.523. The molecule has 7 rings (SSSR count). The van der Waals surface area contributed by atoms with Crippen LogP contribution >= 0.6 is 0 Å². The van der Waals surface area contributed by atoms with Gasteiger partial charge < -0.3 is 9.30 Å². The third-order valence-corrected chi connectivity index (χ3v) is 11.8. The number of aromatic nitrogens is 1. The molecule has 0 bridgehead atoms. The van der Waals surface area contributed by atoms with Gasteiger partial charge in [-0.1, -0.05) is 124 Å². The number of hydrogen-bond donors (Lipinski definition) is 0. The Kier molecular flexibility index (Phi) is 11.8. The number of rotatable bonds is 15. The third-order valence-electron chi connectivity index (χ3n) is 11.8. The zero-order chi connectivity index (χ0) is 41.3. The van der Waals surface area contributed by atoms with Crippen molar-refractivity contribution >= 4 is 38.4 Å². The number of ketones is 1. The lowest BCUT2D eigenvalue weighted by molar-refractivity contribution is -0.148. The second kappa shape index (κ2) is 16.8. The van der Waals surface area contributed by atoms with Gasteiger partial charge in [0.1, 0.15) is 5.75 Å². The highest BCUT2D eigenvalue weighted by atomic mass is 19.3. The van der Waals surface area contributed by atoms with Crippen molar-refractivity contribution in [2.24, 2.45) is 5.92 Å². The van der Waals surface area contributed by atoms with Crippen LogP contribution in [-0.2, 0) is 6.54 Å². The van der Waals surface area contributed by atoms with E-state index in [1.165, 1.54) is 0 Å². The lowest BCUT2D eigenvalue weighted by Gasteiger charge is -2.25. The van der Waals surface area contributed by atoms with E-state index in [0.29, 0.717) is 22.6 Å². The van der Waals surface area contributed by atoms with Gasteiger partial charge in [-0.15, -0.1) is 0 Å². The summed E-state index contributed by atoms with van der Waals surface area (Å²) in [7, 11) is 0. The van der Waals surface area contributed by atoms with Gasteiger partial charge in [-0.05, 0) is 97.5 Å². The zero-order valence-electron chi connectivity index (χ0n) is 34.1. The molecule has 0 saturated heterocycles. The number of alkyl halides is 4. The first-order chi connectivity index (χ1) is 27.8. The monoisotopic (exact) mass is 785 g/mol. The molecular weight excluding hydrogens is 735 g/mol. The van der Waals surface area contributed by atoms with Crippen LogP contribution in [0.25, 0.3) is 32.6 Å². The van der Waals surface area contributed by atoms with E-state index in [-0.39, 0.29) is 11.5 Å². The Balaban J connectivity index is 1.51. The van der Waals surface area contributed by atoms with Gasteiger partial charge in [0, 0.05) is 50.8 Å². The minimum absolute atomic E-state index is 0.0241. The van der Waals surface area contributed by atoms with Crippen molar-refractivity contribution in [2.45, 2.75) is 92.0 Å². The van der Waals surface area contributed by atoms with Gasteiger partial charge in [-0.2, -0.15) is 8.78 Å². The van der Waals surface area contributed by atoms with Crippen LogP contribution in [0.1, 0.15) is 100 Å². The van der Waals surface area contributed by atoms with Crippen LogP contribution in [0.5, 0.6) is 5.75 Å². The lowest BCUT2D eigenvalue weighted by Crippen LogP contribution is -2.34. The van der Waals surface area contributed by atoms with E-state index < -0.39 is 24.9 Å². The number of carbonyl (C=O) groups is 1. The van der Waals surface area contributed by atoms with Gasteiger partial charge in [0.15, 0.2) is 12.4 Å². The van der Waals surface area contributed by atoms with Gasteiger partial charge in [-0.3, -0.25) is 4.79 Å². The maximum atomic E-state index is 14.8. The molecule has 1 aromatic heterocycles. The number of hydrogen-bond acceptors (Lipinski definition) is 2. The fraction of sp³-hybridized carbons (Fsp3) is 0.314. The summed E-state index contributed by atoms with van der Waals surface area (Å²) in [5.74, 6) is -4.28. The van der Waals surface area contributed by atoms with Crippen molar-refractivity contribution in [1.82, 2.24) is 4.57 Å². The molecule has 1 heterocycles. The predicted octanol–water partition coefficient (Wildman–Crippen LogP) is 14.1. The number of carbonyl (C=O) groups excluding carboxylic acids is 1. The molecule has 0 aliphatic rings. The summed E-state index contributed by atoms with van der Waals surface area (Å²) in [6.45, 7) is 11.9. The molecule has 2 atom stereocenters. The molecule has 0 N–H and O–H groups in total. The molecule has 0 aliphatic carbocycles. The van der Waals surface area contributed by atoms with Crippen molar-refractivity contribution < 1.29 is 27.1 Å². The second-order valence-corrected chi connectivity index (χ2v) is 16.0. The zero-order valence-corrected chi connectivity index (χ0v) is 34.1. The summed E-state index contributed by atoms with van der Waals surface area (Å²) < 4.78 is 63.1. The van der Waals surface area contributed by atoms with Crippen molar-refractivity contribution in [2.75, 3.05) is 6.61 Å². The molecule has 2 unspecified atom stereocenters. The molecule has 0 aliphatic heterocycles. The van der Waals surface area contributed by atoms with Crippen molar-refractivity contribution in [3.8, 4) is 5.75 Å². The van der Waals surface area contributed by atoms with Crippen LogP contribution in [-0.4, -0.2) is 29.3 Å². The molecule has 58 heavy (non-hydrogen) atoms. The summed E-state index contributed by atoms with van der Waals surface area (Å²) in [6, 6.07) is 35.5. The molecule has 0 saturated carbocycles. The molecule has 0 fully saturated rings. The first-order valence-electron chi connectivity index (χ1n) is 20.4. The van der Waals surface area contributed by atoms with Gasteiger partial charge in [0.05, 0.1) is 5.52 Å². The molecule has 0 radical (unpaired) electrons. The van der Waals surface area contributed by atoms with Crippen molar-refractivity contribution in [3.63, 3.8) is 0 Å². The summed E-state index contributed by atoms with van der Waals surface area (Å²) in [4.78, 5) is 14.8. The number of aryl methyl sites for hydroxylation is 4. The van der Waals surface area contributed by atoms with Crippen LogP contribution in [0.2, 0.25) is 0 Å². The molecule has 0 amide bonds. The van der Waals surface area contributed by atoms with Crippen LogP contribution in [0.4, 0.5) is 17.6 Å². The highest BCUT2D eigenvalue weighted by molar-refractivity contribution is 6.26. The van der Waals surface area contributed by atoms with Crippen LogP contribution in [0, 0.1) is 33.6 Å². The normalized spacial score (nSPS) is 13.2. The van der Waals surface area contributed by atoms with Gasteiger partial charge in [0.2, 0.25) is 0 Å². The maximum absolute atomic E-state index is 14.8. The Labute approximate surface area is 338 Å². The number of ether oxygens (including phenoxy) is 1. The summed E-state index contributed by atoms with van der Waals surface area (Å²) in [5, 5.41) is 3.82. The van der Waals surface area contributed by atoms with Gasteiger partial charge >= 0.3 is 12.3 Å². The standard InChI is InChI=1S/C51H51F4NO2/c1-7-9-17-35(8-2)29-56-44-24-23-36(47(37-18-11-10-16-32(37)4)40-21-14-15-22-45(40)58-30-51(54,55)50(52)53)27-41(44)42-28-43(38-19-12-13-20-39(38)48(42)56)49(57)46-33(5)25-31(3)26-34(46)6/h10-16,18-28,35,47,50H,7-9,17,29-30H2,1-6H3. The fourth-order valence-corrected chi connectivity index (χ4v) is 8.91. The van der Waals surface area contributed by atoms with Crippen LogP contribution in [0.3, 0.4) is 0 Å². The lowest BCUT2D eigenvalue weighted by atomic mass is 9.82. The Hall–Kier alpha value is -5.43. The van der Waals surface area contributed by atoms with Gasteiger partial charge in [-0.25, -0.2) is 8.78 Å². The molecule has 300 valence electrons. The highest BCUT2D eigenvalue weighted by Gasteiger charge is 2.42. The Morgan fingerprint density at radius 3 is 2.05 bits per heavy atom. The van der Waals surface area contributed by atoms with E-state index in [9.17, 15) is 22.4 Å². The SMILES string of the molecule is CCCCC(CC)Cn1c2ccc(C(c3ccccc3C)c3ccccc3OCC(F)(F)C(F)F)cc2c2cc(C(=O)c3c(C)cc(C)cc3C)c3ccccc3c21.